The zero-order valence-corrected chi connectivity index (χ0v) is 13.6. The molecule has 1 saturated carbocycles. The molecule has 0 bridgehead atoms. The van der Waals surface area contributed by atoms with E-state index in [0.29, 0.717) is 12.0 Å². The van der Waals surface area contributed by atoms with Crippen LogP contribution in [-0.2, 0) is 6.42 Å². The van der Waals surface area contributed by atoms with E-state index in [1.807, 2.05) is 18.2 Å². The highest BCUT2D eigenvalue weighted by molar-refractivity contribution is 5.40. The molecule has 1 aliphatic carbocycles. The molecule has 0 unspecified atom stereocenters. The van der Waals surface area contributed by atoms with E-state index in [9.17, 15) is 0 Å². The number of benzene rings is 1. The van der Waals surface area contributed by atoms with Gasteiger partial charge in [-0.2, -0.15) is 4.98 Å². The standard InChI is InChI=1S/C18H24N4O/c1-23-16-8-6-14(7-9-16)10-12-19-18-20-13-11-17(22-18)21-15-4-2-3-5-15/h6-9,11,13,15H,2-5,10,12H2,1H3,(H2,19,20,21,22). The average Bonchev–Trinajstić information content (AvgIpc) is 3.09. The Morgan fingerprint density at radius 2 is 1.91 bits per heavy atom. The van der Waals surface area contributed by atoms with Gasteiger partial charge in [-0.15, -0.1) is 0 Å². The summed E-state index contributed by atoms with van der Waals surface area (Å²) >= 11 is 0. The quantitative estimate of drug-likeness (QED) is 0.819. The number of anilines is 2. The average molecular weight is 312 g/mol. The van der Waals surface area contributed by atoms with Crippen LogP contribution in [0.3, 0.4) is 0 Å². The highest BCUT2D eigenvalue weighted by Gasteiger charge is 2.14. The topological polar surface area (TPSA) is 59.1 Å². The number of nitrogens with zero attached hydrogens (tertiary/aromatic N) is 2. The molecule has 0 spiro atoms. The first kappa shape index (κ1) is 15.6. The van der Waals surface area contributed by atoms with Crippen molar-refractivity contribution in [3.63, 3.8) is 0 Å². The van der Waals surface area contributed by atoms with Crippen molar-refractivity contribution < 1.29 is 4.74 Å². The molecule has 1 aliphatic rings. The molecule has 122 valence electrons. The molecule has 0 atom stereocenters. The van der Waals surface area contributed by atoms with Crippen LogP contribution in [0.2, 0.25) is 0 Å². The molecule has 5 nitrogen and oxygen atoms in total. The van der Waals surface area contributed by atoms with Gasteiger partial charge >= 0.3 is 0 Å². The van der Waals surface area contributed by atoms with Crippen LogP contribution in [0.5, 0.6) is 5.75 Å². The van der Waals surface area contributed by atoms with Crippen molar-refractivity contribution in [3.05, 3.63) is 42.1 Å². The van der Waals surface area contributed by atoms with E-state index in [0.717, 1.165) is 24.5 Å². The first-order valence-corrected chi connectivity index (χ1v) is 8.30. The predicted molar refractivity (Wildman–Crippen MR) is 93.1 cm³/mol. The Morgan fingerprint density at radius 3 is 2.65 bits per heavy atom. The Morgan fingerprint density at radius 1 is 1.13 bits per heavy atom. The molecule has 0 aliphatic heterocycles. The number of rotatable bonds is 7. The molecule has 5 heteroatoms. The molecule has 1 aromatic heterocycles. The van der Waals surface area contributed by atoms with Crippen LogP contribution in [0.4, 0.5) is 11.8 Å². The molecule has 0 saturated heterocycles. The summed E-state index contributed by atoms with van der Waals surface area (Å²) in [4.78, 5) is 8.83. The van der Waals surface area contributed by atoms with E-state index < -0.39 is 0 Å². The molecule has 2 aromatic rings. The van der Waals surface area contributed by atoms with E-state index in [1.165, 1.54) is 31.2 Å². The monoisotopic (exact) mass is 312 g/mol. The lowest BCUT2D eigenvalue weighted by molar-refractivity contribution is 0.414. The first-order chi connectivity index (χ1) is 11.3. The van der Waals surface area contributed by atoms with Gasteiger partial charge in [-0.05, 0) is 43.0 Å². The summed E-state index contributed by atoms with van der Waals surface area (Å²) in [7, 11) is 1.68. The van der Waals surface area contributed by atoms with Gasteiger partial charge < -0.3 is 15.4 Å². The number of aromatic nitrogens is 2. The summed E-state index contributed by atoms with van der Waals surface area (Å²) in [6, 6.07) is 10.6. The van der Waals surface area contributed by atoms with Gasteiger partial charge in [0.25, 0.3) is 0 Å². The Bertz CT molecular complexity index is 609. The third-order valence-electron chi connectivity index (χ3n) is 4.22. The number of nitrogens with one attached hydrogen (secondary N) is 2. The minimum Gasteiger partial charge on any atom is -0.497 e. The lowest BCUT2D eigenvalue weighted by Gasteiger charge is -2.13. The van der Waals surface area contributed by atoms with Gasteiger partial charge in [0.1, 0.15) is 11.6 Å². The van der Waals surface area contributed by atoms with Gasteiger partial charge in [-0.25, -0.2) is 4.98 Å². The summed E-state index contributed by atoms with van der Waals surface area (Å²) in [6.45, 7) is 0.805. The maximum atomic E-state index is 5.17. The maximum absolute atomic E-state index is 5.17. The van der Waals surface area contributed by atoms with Crippen molar-refractivity contribution in [3.8, 4) is 5.75 Å². The van der Waals surface area contributed by atoms with Crippen LogP contribution in [0.1, 0.15) is 31.2 Å². The number of hydrogen-bond donors (Lipinski definition) is 2. The number of ether oxygens (including phenoxy) is 1. The molecule has 1 aromatic carbocycles. The normalized spacial score (nSPS) is 14.7. The summed E-state index contributed by atoms with van der Waals surface area (Å²) in [5.74, 6) is 2.48. The Kier molecular flexibility index (Phi) is 5.29. The predicted octanol–water partition coefficient (Wildman–Crippen LogP) is 3.49. The van der Waals surface area contributed by atoms with Crippen LogP contribution in [0.15, 0.2) is 36.5 Å². The lowest BCUT2D eigenvalue weighted by Crippen LogP contribution is -2.16. The first-order valence-electron chi connectivity index (χ1n) is 8.30. The fraction of sp³-hybridized carbons (Fsp3) is 0.444. The van der Waals surface area contributed by atoms with Gasteiger partial charge in [0.15, 0.2) is 0 Å². The van der Waals surface area contributed by atoms with Crippen molar-refractivity contribution in [2.45, 2.75) is 38.1 Å². The van der Waals surface area contributed by atoms with Crippen LogP contribution >= 0.6 is 0 Å². The van der Waals surface area contributed by atoms with Crippen molar-refractivity contribution in [2.24, 2.45) is 0 Å². The minimum absolute atomic E-state index is 0.567. The number of hydrogen-bond acceptors (Lipinski definition) is 5. The van der Waals surface area contributed by atoms with Crippen LogP contribution in [0, 0.1) is 0 Å². The summed E-state index contributed by atoms with van der Waals surface area (Å²) < 4.78 is 5.17. The second-order valence-corrected chi connectivity index (χ2v) is 5.92. The van der Waals surface area contributed by atoms with E-state index in [4.69, 9.17) is 4.74 Å². The highest BCUT2D eigenvalue weighted by atomic mass is 16.5. The fourth-order valence-electron chi connectivity index (χ4n) is 2.91. The third kappa shape index (κ3) is 4.58. The molecular weight excluding hydrogens is 288 g/mol. The molecule has 2 N–H and O–H groups in total. The zero-order chi connectivity index (χ0) is 15.9. The molecule has 23 heavy (non-hydrogen) atoms. The molecule has 1 heterocycles. The summed E-state index contributed by atoms with van der Waals surface area (Å²) in [5, 5.41) is 6.79. The largest absolute Gasteiger partial charge is 0.497 e. The maximum Gasteiger partial charge on any atom is 0.224 e. The van der Waals surface area contributed by atoms with Gasteiger partial charge in [0.2, 0.25) is 5.95 Å². The molecule has 0 amide bonds. The van der Waals surface area contributed by atoms with E-state index >= 15 is 0 Å². The smallest absolute Gasteiger partial charge is 0.224 e. The fourth-order valence-corrected chi connectivity index (χ4v) is 2.91. The second-order valence-electron chi connectivity index (χ2n) is 5.92. The molecule has 0 radical (unpaired) electrons. The van der Waals surface area contributed by atoms with Crippen LogP contribution in [-0.4, -0.2) is 29.7 Å². The van der Waals surface area contributed by atoms with Gasteiger partial charge in [0.05, 0.1) is 7.11 Å². The molecule has 3 rings (SSSR count). The van der Waals surface area contributed by atoms with Crippen molar-refractivity contribution in [1.29, 1.82) is 0 Å². The lowest BCUT2D eigenvalue weighted by atomic mass is 10.1. The SMILES string of the molecule is COc1ccc(CCNc2nccc(NC3CCCC3)n2)cc1. The van der Waals surface area contributed by atoms with Crippen molar-refractivity contribution in [1.82, 2.24) is 9.97 Å². The van der Waals surface area contributed by atoms with E-state index in [1.54, 1.807) is 13.3 Å². The Labute approximate surface area is 137 Å². The van der Waals surface area contributed by atoms with Gasteiger partial charge in [0, 0.05) is 18.8 Å². The zero-order valence-electron chi connectivity index (χ0n) is 13.6. The highest BCUT2D eigenvalue weighted by Crippen LogP contribution is 2.21. The Hall–Kier alpha value is -2.30. The van der Waals surface area contributed by atoms with Gasteiger partial charge in [-0.3, -0.25) is 0 Å². The van der Waals surface area contributed by atoms with Crippen LogP contribution in [0.25, 0.3) is 0 Å². The number of methoxy groups -OCH3 is 1. The van der Waals surface area contributed by atoms with Gasteiger partial charge in [-0.1, -0.05) is 25.0 Å². The van der Waals surface area contributed by atoms with Crippen molar-refractivity contribution >= 4 is 11.8 Å². The second kappa shape index (κ2) is 7.81. The minimum atomic E-state index is 0.567. The van der Waals surface area contributed by atoms with Crippen LogP contribution < -0.4 is 15.4 Å². The van der Waals surface area contributed by atoms with E-state index in [2.05, 4.69) is 32.7 Å². The van der Waals surface area contributed by atoms with Crippen molar-refractivity contribution in [2.75, 3.05) is 24.3 Å². The van der Waals surface area contributed by atoms with E-state index in [-0.39, 0.29) is 0 Å². The third-order valence-corrected chi connectivity index (χ3v) is 4.22. The summed E-state index contributed by atoms with van der Waals surface area (Å²) in [6.07, 6.45) is 7.84. The molecule has 1 fully saturated rings. The Balaban J connectivity index is 1.49. The molecular formula is C18H24N4O. The summed E-state index contributed by atoms with van der Waals surface area (Å²) in [5.41, 5.74) is 1.26.